The van der Waals surface area contributed by atoms with Gasteiger partial charge in [0.1, 0.15) is 0 Å². The average molecular weight is 289 g/mol. The number of nitrogens with one attached hydrogen (secondary N) is 1. The molecule has 0 aliphatic rings. The lowest BCUT2D eigenvalue weighted by atomic mass is 9.97. The van der Waals surface area contributed by atoms with E-state index < -0.39 is 10.0 Å². The van der Waals surface area contributed by atoms with Gasteiger partial charge in [-0.25, -0.2) is 13.1 Å². The number of hydrogen-bond donors (Lipinski definition) is 1. The quantitative estimate of drug-likeness (QED) is 0.917. The lowest BCUT2D eigenvalue weighted by Gasteiger charge is -2.22. The minimum absolute atomic E-state index is 0.163. The second-order valence-corrected chi connectivity index (χ2v) is 6.78. The van der Waals surface area contributed by atoms with Gasteiger partial charge in [0.05, 0.1) is 4.90 Å². The molecule has 0 fully saturated rings. The van der Waals surface area contributed by atoms with Crippen molar-refractivity contribution in [3.05, 3.63) is 66.2 Å². The summed E-state index contributed by atoms with van der Waals surface area (Å²) in [6, 6.07) is 17.9. The van der Waals surface area contributed by atoms with E-state index in [1.807, 2.05) is 44.2 Å². The summed E-state index contributed by atoms with van der Waals surface area (Å²) in [5.41, 5.74) is 0.974. The van der Waals surface area contributed by atoms with Crippen molar-refractivity contribution in [1.29, 1.82) is 0 Å². The Labute approximate surface area is 120 Å². The fourth-order valence-electron chi connectivity index (χ4n) is 2.08. The summed E-state index contributed by atoms with van der Waals surface area (Å²) in [6.07, 6.45) is 0. The summed E-state index contributed by atoms with van der Waals surface area (Å²) in [5.74, 6) is 0.163. The van der Waals surface area contributed by atoms with Gasteiger partial charge in [0, 0.05) is 6.04 Å². The molecule has 0 spiro atoms. The van der Waals surface area contributed by atoms with Crippen LogP contribution in [0.15, 0.2) is 65.6 Å². The third-order valence-corrected chi connectivity index (χ3v) is 4.62. The van der Waals surface area contributed by atoms with Crippen LogP contribution in [0.4, 0.5) is 0 Å². The van der Waals surface area contributed by atoms with Crippen LogP contribution in [-0.2, 0) is 10.0 Å². The Kier molecular flexibility index (Phi) is 4.57. The van der Waals surface area contributed by atoms with Crippen LogP contribution in [0.1, 0.15) is 25.5 Å². The number of rotatable bonds is 5. The summed E-state index contributed by atoms with van der Waals surface area (Å²) >= 11 is 0. The van der Waals surface area contributed by atoms with Crippen LogP contribution in [0.25, 0.3) is 0 Å². The van der Waals surface area contributed by atoms with Crippen molar-refractivity contribution in [3.63, 3.8) is 0 Å². The largest absolute Gasteiger partial charge is 0.241 e. The van der Waals surface area contributed by atoms with Gasteiger partial charge in [0.2, 0.25) is 10.0 Å². The Bertz CT molecular complexity index is 637. The van der Waals surface area contributed by atoms with E-state index in [0.29, 0.717) is 4.90 Å². The molecule has 20 heavy (non-hydrogen) atoms. The van der Waals surface area contributed by atoms with Gasteiger partial charge in [-0.3, -0.25) is 0 Å². The maximum Gasteiger partial charge on any atom is 0.241 e. The molecular weight excluding hydrogens is 270 g/mol. The molecule has 1 unspecified atom stereocenters. The molecule has 106 valence electrons. The average Bonchev–Trinajstić information content (AvgIpc) is 2.46. The molecular formula is C16H19NO2S. The molecule has 1 atom stereocenters. The smallest absolute Gasteiger partial charge is 0.207 e. The van der Waals surface area contributed by atoms with E-state index in [4.69, 9.17) is 0 Å². The van der Waals surface area contributed by atoms with Crippen molar-refractivity contribution in [2.45, 2.75) is 24.8 Å². The van der Waals surface area contributed by atoms with Crippen molar-refractivity contribution in [3.8, 4) is 0 Å². The molecule has 0 heterocycles. The first-order valence-corrected chi connectivity index (χ1v) is 8.11. The van der Waals surface area contributed by atoms with Crippen molar-refractivity contribution in [2.24, 2.45) is 5.92 Å². The predicted octanol–water partition coefficient (Wildman–Crippen LogP) is 3.36. The molecule has 0 amide bonds. The van der Waals surface area contributed by atoms with Gasteiger partial charge in [-0.15, -0.1) is 0 Å². The van der Waals surface area contributed by atoms with Crippen LogP contribution in [0, 0.1) is 5.92 Å². The lowest BCUT2D eigenvalue weighted by molar-refractivity contribution is 0.463. The van der Waals surface area contributed by atoms with E-state index in [9.17, 15) is 8.42 Å². The maximum absolute atomic E-state index is 12.4. The molecule has 2 aromatic rings. The molecule has 0 aliphatic heterocycles. The SMILES string of the molecule is CC(C)C(NS(=O)(=O)c1ccccc1)c1ccccc1. The van der Waals surface area contributed by atoms with Gasteiger partial charge < -0.3 is 0 Å². The summed E-state index contributed by atoms with van der Waals surface area (Å²) in [6.45, 7) is 4.01. The second-order valence-electron chi connectivity index (χ2n) is 5.07. The highest BCUT2D eigenvalue weighted by atomic mass is 32.2. The van der Waals surface area contributed by atoms with E-state index in [1.54, 1.807) is 30.3 Å². The first-order valence-electron chi connectivity index (χ1n) is 6.63. The van der Waals surface area contributed by atoms with Crippen LogP contribution in [-0.4, -0.2) is 8.42 Å². The molecule has 2 aromatic carbocycles. The Morgan fingerprint density at radius 2 is 1.35 bits per heavy atom. The standard InChI is InChI=1S/C16H19NO2S/c1-13(2)16(14-9-5-3-6-10-14)17-20(18,19)15-11-7-4-8-12-15/h3-13,16-17H,1-2H3. The Hall–Kier alpha value is -1.65. The van der Waals surface area contributed by atoms with Gasteiger partial charge in [-0.05, 0) is 23.6 Å². The first-order chi connectivity index (χ1) is 9.50. The third kappa shape index (κ3) is 3.46. The highest BCUT2D eigenvalue weighted by Gasteiger charge is 2.23. The monoisotopic (exact) mass is 289 g/mol. The molecule has 0 aromatic heterocycles. The highest BCUT2D eigenvalue weighted by Crippen LogP contribution is 2.24. The fraction of sp³-hybridized carbons (Fsp3) is 0.250. The predicted molar refractivity (Wildman–Crippen MR) is 80.8 cm³/mol. The molecule has 0 bridgehead atoms. The van der Waals surface area contributed by atoms with E-state index in [2.05, 4.69) is 4.72 Å². The van der Waals surface area contributed by atoms with Crippen LogP contribution >= 0.6 is 0 Å². The van der Waals surface area contributed by atoms with Gasteiger partial charge in [-0.1, -0.05) is 62.4 Å². The van der Waals surface area contributed by atoms with E-state index >= 15 is 0 Å². The van der Waals surface area contributed by atoms with Gasteiger partial charge in [0.15, 0.2) is 0 Å². The van der Waals surface area contributed by atoms with Gasteiger partial charge in [-0.2, -0.15) is 0 Å². The summed E-state index contributed by atoms with van der Waals surface area (Å²) in [5, 5.41) is 0. The summed E-state index contributed by atoms with van der Waals surface area (Å²) in [7, 11) is -3.50. The molecule has 3 nitrogen and oxygen atoms in total. The van der Waals surface area contributed by atoms with Crippen molar-refractivity contribution < 1.29 is 8.42 Å². The molecule has 4 heteroatoms. The summed E-state index contributed by atoms with van der Waals surface area (Å²) < 4.78 is 27.6. The molecule has 2 rings (SSSR count). The Morgan fingerprint density at radius 1 is 0.850 bits per heavy atom. The van der Waals surface area contributed by atoms with Crippen molar-refractivity contribution >= 4 is 10.0 Å². The Balaban J connectivity index is 2.30. The zero-order valence-corrected chi connectivity index (χ0v) is 12.5. The number of sulfonamides is 1. The first kappa shape index (κ1) is 14.8. The van der Waals surface area contributed by atoms with Crippen molar-refractivity contribution in [2.75, 3.05) is 0 Å². The zero-order valence-electron chi connectivity index (χ0n) is 11.7. The normalized spacial score (nSPS) is 13.3. The lowest BCUT2D eigenvalue weighted by Crippen LogP contribution is -2.31. The molecule has 0 saturated heterocycles. The summed E-state index contributed by atoms with van der Waals surface area (Å²) in [4.78, 5) is 0.293. The van der Waals surface area contributed by atoms with Gasteiger partial charge in [0.25, 0.3) is 0 Å². The minimum Gasteiger partial charge on any atom is -0.207 e. The van der Waals surface area contributed by atoms with E-state index in [1.165, 1.54) is 0 Å². The topological polar surface area (TPSA) is 46.2 Å². The van der Waals surface area contributed by atoms with Crippen LogP contribution in [0.2, 0.25) is 0 Å². The molecule has 0 radical (unpaired) electrons. The number of hydrogen-bond acceptors (Lipinski definition) is 2. The van der Waals surface area contributed by atoms with Gasteiger partial charge >= 0.3 is 0 Å². The molecule has 0 aliphatic carbocycles. The van der Waals surface area contributed by atoms with E-state index in [-0.39, 0.29) is 12.0 Å². The fourth-order valence-corrected chi connectivity index (χ4v) is 3.48. The Morgan fingerprint density at radius 3 is 1.85 bits per heavy atom. The van der Waals surface area contributed by atoms with Crippen LogP contribution < -0.4 is 4.72 Å². The highest BCUT2D eigenvalue weighted by molar-refractivity contribution is 7.89. The third-order valence-electron chi connectivity index (χ3n) is 3.16. The van der Waals surface area contributed by atoms with Crippen LogP contribution in [0.5, 0.6) is 0 Å². The molecule has 0 saturated carbocycles. The number of benzene rings is 2. The minimum atomic E-state index is -3.50. The molecule has 1 N–H and O–H groups in total. The van der Waals surface area contributed by atoms with Crippen molar-refractivity contribution in [1.82, 2.24) is 4.72 Å². The zero-order chi connectivity index (χ0) is 14.6. The second kappa shape index (κ2) is 6.20. The van der Waals surface area contributed by atoms with E-state index in [0.717, 1.165) is 5.56 Å². The maximum atomic E-state index is 12.4. The van der Waals surface area contributed by atoms with Crippen LogP contribution in [0.3, 0.4) is 0 Å².